The Morgan fingerprint density at radius 3 is 2.69 bits per heavy atom. The molecule has 1 aliphatic heterocycles. The van der Waals surface area contributed by atoms with Crippen molar-refractivity contribution < 1.29 is 32.6 Å². The van der Waals surface area contributed by atoms with E-state index >= 15 is 0 Å². The van der Waals surface area contributed by atoms with Crippen LogP contribution in [0.1, 0.15) is 33.1 Å². The molecule has 2 amide bonds. The van der Waals surface area contributed by atoms with Gasteiger partial charge >= 0.3 is 6.09 Å². The Bertz CT molecular complexity index is 1220. The predicted octanol–water partition coefficient (Wildman–Crippen LogP) is 2.25. The van der Waals surface area contributed by atoms with E-state index in [2.05, 4.69) is 10.4 Å². The average molecular weight is 508 g/mol. The molecule has 1 unspecified atom stereocenters. The van der Waals surface area contributed by atoms with Gasteiger partial charge in [-0.3, -0.25) is 19.1 Å². The monoisotopic (exact) mass is 507 g/mol. The summed E-state index contributed by atoms with van der Waals surface area (Å²) < 4.78 is 42.1. The number of carbonyl (C=O) groups excluding carboxylic acids is 1. The molecule has 0 bridgehead atoms. The molecule has 190 valence electrons. The Balaban J connectivity index is 1.76. The van der Waals surface area contributed by atoms with Gasteiger partial charge < -0.3 is 20.3 Å². The highest BCUT2D eigenvalue weighted by Crippen LogP contribution is 2.44. The molecule has 1 fully saturated rings. The van der Waals surface area contributed by atoms with Crippen molar-refractivity contribution in [1.29, 1.82) is 0 Å². The van der Waals surface area contributed by atoms with Crippen molar-refractivity contribution in [2.24, 2.45) is 17.6 Å². The second-order valence-electron chi connectivity index (χ2n) is 8.56. The third kappa shape index (κ3) is 5.14. The molecule has 4 N–H and O–H groups in total. The van der Waals surface area contributed by atoms with Crippen molar-refractivity contribution in [3.8, 4) is 11.6 Å². The Hall–Kier alpha value is -3.48. The first-order valence-electron chi connectivity index (χ1n) is 11.5. The maximum Gasteiger partial charge on any atom is 0.409 e. The number of ether oxygens (including phenoxy) is 2. The number of carboxylic acid groups (broad SMARTS) is 1. The number of anilines is 2. The first-order chi connectivity index (χ1) is 16.6. The summed E-state index contributed by atoms with van der Waals surface area (Å²) in [5.74, 6) is -0.439. The van der Waals surface area contributed by atoms with Crippen LogP contribution in [0.4, 0.5) is 16.2 Å². The summed E-state index contributed by atoms with van der Waals surface area (Å²) in [6, 6.07) is 4.38. The molecule has 1 aromatic heterocycles. The number of nitrogens with two attached hydrogens (primary N) is 1. The van der Waals surface area contributed by atoms with Crippen molar-refractivity contribution in [2.45, 2.75) is 50.7 Å². The summed E-state index contributed by atoms with van der Waals surface area (Å²) in [6.07, 6.45) is 1.55. The molecule has 2 heterocycles. The number of amides is 2. The van der Waals surface area contributed by atoms with Crippen molar-refractivity contribution >= 4 is 33.4 Å². The van der Waals surface area contributed by atoms with Crippen molar-refractivity contribution in [3.05, 3.63) is 24.4 Å². The third-order valence-electron chi connectivity index (χ3n) is 6.08. The number of nitrogens with one attached hydrogen (secondary N) is 1. The van der Waals surface area contributed by atoms with E-state index in [-0.39, 0.29) is 53.4 Å². The normalized spacial score (nSPS) is 18.3. The zero-order valence-electron chi connectivity index (χ0n) is 19.5. The van der Waals surface area contributed by atoms with Crippen LogP contribution >= 0.6 is 0 Å². The van der Waals surface area contributed by atoms with Gasteiger partial charge in [-0.1, -0.05) is 0 Å². The van der Waals surface area contributed by atoms with E-state index in [4.69, 9.17) is 20.3 Å². The summed E-state index contributed by atoms with van der Waals surface area (Å²) in [6.45, 7) is 4.12. The lowest BCUT2D eigenvalue weighted by atomic mass is 9.95. The van der Waals surface area contributed by atoms with Crippen LogP contribution < -0.4 is 24.8 Å². The maximum absolute atomic E-state index is 13.9. The number of carbonyl (C=O) groups is 2. The van der Waals surface area contributed by atoms with Gasteiger partial charge in [-0.2, -0.15) is 0 Å². The summed E-state index contributed by atoms with van der Waals surface area (Å²) in [4.78, 5) is 23.1. The average Bonchev–Trinajstić information content (AvgIpc) is 3.55. The number of aromatic nitrogens is 2. The number of benzene rings is 1. The largest absolute Gasteiger partial charge is 0.486 e. The molecule has 2 aliphatic rings. The minimum atomic E-state index is -4.20. The van der Waals surface area contributed by atoms with Crippen LogP contribution in [0.5, 0.6) is 11.6 Å². The van der Waals surface area contributed by atoms with E-state index in [0.29, 0.717) is 6.54 Å². The summed E-state index contributed by atoms with van der Waals surface area (Å²) in [7, 11) is -4.20. The van der Waals surface area contributed by atoms with Gasteiger partial charge in [0, 0.05) is 24.3 Å². The number of nitrogens with zero attached hydrogens (tertiary/aromatic N) is 3. The first-order valence-corrected chi connectivity index (χ1v) is 12.9. The Kier molecular flexibility index (Phi) is 6.79. The maximum atomic E-state index is 13.9. The van der Waals surface area contributed by atoms with Crippen molar-refractivity contribution in [1.82, 2.24) is 9.78 Å². The number of primary amides is 1. The van der Waals surface area contributed by atoms with E-state index in [1.807, 2.05) is 6.92 Å². The zero-order chi connectivity index (χ0) is 25.3. The van der Waals surface area contributed by atoms with E-state index in [0.717, 1.165) is 17.1 Å². The van der Waals surface area contributed by atoms with E-state index in [9.17, 15) is 18.0 Å². The van der Waals surface area contributed by atoms with Gasteiger partial charge in [0.15, 0.2) is 4.90 Å². The number of sulfonamides is 1. The van der Waals surface area contributed by atoms with Crippen LogP contribution in [0.3, 0.4) is 0 Å². The summed E-state index contributed by atoms with van der Waals surface area (Å²) in [5.41, 5.74) is 5.97. The van der Waals surface area contributed by atoms with E-state index in [1.54, 1.807) is 6.92 Å². The molecule has 0 radical (unpaired) electrons. The molecule has 2 aromatic rings. The third-order valence-corrected chi connectivity index (χ3v) is 7.85. The highest BCUT2D eigenvalue weighted by Gasteiger charge is 2.42. The fraction of sp³-hybridized carbons (Fsp3) is 0.500. The molecule has 0 saturated heterocycles. The minimum absolute atomic E-state index is 0.0215. The molecule has 1 aromatic carbocycles. The van der Waals surface area contributed by atoms with Crippen LogP contribution in [0.25, 0.3) is 0 Å². The van der Waals surface area contributed by atoms with Crippen molar-refractivity contribution in [3.63, 3.8) is 0 Å². The zero-order valence-corrected chi connectivity index (χ0v) is 20.3. The van der Waals surface area contributed by atoms with Crippen molar-refractivity contribution in [2.75, 3.05) is 22.8 Å². The first kappa shape index (κ1) is 24.6. The van der Waals surface area contributed by atoms with Crippen LogP contribution in [0.15, 0.2) is 29.3 Å². The Morgan fingerprint density at radius 1 is 1.34 bits per heavy atom. The van der Waals surface area contributed by atoms with Crippen LogP contribution in [-0.2, 0) is 21.4 Å². The van der Waals surface area contributed by atoms with Gasteiger partial charge in [-0.05, 0) is 57.2 Å². The van der Waals surface area contributed by atoms with Gasteiger partial charge in [0.2, 0.25) is 5.91 Å². The summed E-state index contributed by atoms with van der Waals surface area (Å²) in [5, 5.41) is 15.6. The number of hydrogen-bond donors (Lipinski definition) is 3. The molecule has 12 nitrogen and oxygen atoms in total. The molecule has 4 rings (SSSR count). The minimum Gasteiger partial charge on any atom is -0.486 e. The lowest BCUT2D eigenvalue weighted by molar-refractivity contribution is -0.123. The highest BCUT2D eigenvalue weighted by molar-refractivity contribution is 7.93. The fourth-order valence-electron chi connectivity index (χ4n) is 4.27. The second-order valence-corrected chi connectivity index (χ2v) is 10.4. The Labute approximate surface area is 203 Å². The van der Waals surface area contributed by atoms with Gasteiger partial charge in [-0.15, -0.1) is 5.10 Å². The quantitative estimate of drug-likeness (QED) is 0.440. The van der Waals surface area contributed by atoms with E-state index in [1.165, 1.54) is 29.1 Å². The molecular weight excluding hydrogens is 478 g/mol. The molecule has 1 saturated carbocycles. The predicted molar refractivity (Wildman–Crippen MR) is 126 cm³/mol. The topological polar surface area (TPSA) is 166 Å². The lowest BCUT2D eigenvalue weighted by Gasteiger charge is -2.36. The van der Waals surface area contributed by atoms with Gasteiger partial charge in [0.1, 0.15) is 11.9 Å². The highest BCUT2D eigenvalue weighted by atomic mass is 32.2. The number of fused-ring (bicyclic) bond motifs is 1. The summed E-state index contributed by atoms with van der Waals surface area (Å²) >= 11 is 0. The molecule has 13 heteroatoms. The second kappa shape index (κ2) is 9.64. The van der Waals surface area contributed by atoms with Gasteiger partial charge in [0.25, 0.3) is 15.9 Å². The smallest absolute Gasteiger partial charge is 0.409 e. The molecule has 1 aliphatic carbocycles. The molecule has 35 heavy (non-hydrogen) atoms. The lowest BCUT2D eigenvalue weighted by Crippen LogP contribution is -2.45. The molecular formula is C22H29N5O7S. The van der Waals surface area contributed by atoms with Gasteiger partial charge in [-0.25, -0.2) is 13.2 Å². The molecule has 2 atom stereocenters. The van der Waals surface area contributed by atoms with E-state index < -0.39 is 34.0 Å². The standard InChI is InChI=1S/C22H29N5O7S/c1-3-26-12-19(21(25-26)33-4-2)35(31,32)27-11-15(10-16(20(23)28)13-5-6-13)34-18-8-7-14(9-17(18)27)24-22(29)30/h7-9,12-13,15-16,24H,3-6,10-11H2,1-2H3,(H2,23,28)(H,29,30)/t15-,16?/m0/s1. The van der Waals surface area contributed by atoms with Crippen LogP contribution in [-0.4, -0.2) is 54.6 Å². The van der Waals surface area contributed by atoms with Gasteiger partial charge in [0.05, 0.1) is 18.8 Å². The van der Waals surface area contributed by atoms with Crippen LogP contribution in [0.2, 0.25) is 0 Å². The Morgan fingerprint density at radius 2 is 2.09 bits per heavy atom. The van der Waals surface area contributed by atoms with Crippen LogP contribution in [0, 0.1) is 11.8 Å². The SMILES string of the molecule is CCOc1nn(CC)cc1S(=O)(=O)N1C[C@H](CC(C(N)=O)C2CC2)Oc2ccc(NC(=O)O)cc21. The number of aryl methyl sites for hydroxylation is 1. The number of rotatable bonds is 10. The fourth-order valence-corrected chi connectivity index (χ4v) is 5.84. The molecule has 0 spiro atoms. The number of hydrogen-bond acceptors (Lipinski definition) is 7.